The fourth-order valence-electron chi connectivity index (χ4n) is 3.36. The molecule has 0 spiro atoms. The van der Waals surface area contributed by atoms with Crippen molar-refractivity contribution in [3.8, 4) is 0 Å². The predicted octanol–water partition coefficient (Wildman–Crippen LogP) is 4.76. The number of likely N-dealkylation sites (N-methyl/N-ethyl adjacent to an activating group) is 1. The van der Waals surface area contributed by atoms with Gasteiger partial charge in [0.05, 0.1) is 11.8 Å². The van der Waals surface area contributed by atoms with E-state index in [1.54, 1.807) is 18.4 Å². The summed E-state index contributed by atoms with van der Waals surface area (Å²) in [5, 5.41) is 4.38. The van der Waals surface area contributed by atoms with Gasteiger partial charge >= 0.3 is 0 Å². The molecule has 8 heteroatoms. The topological polar surface area (TPSA) is 75.2 Å². The Morgan fingerprint density at radius 3 is 2.61 bits per heavy atom. The lowest BCUT2D eigenvalue weighted by molar-refractivity contribution is -0.132. The Kier molecular flexibility index (Phi) is 7.33. The fourth-order valence-corrected chi connectivity index (χ4v) is 5.67. The van der Waals surface area contributed by atoms with E-state index in [1.165, 1.54) is 21.5 Å². The number of para-hydroxylation sites is 1. The summed E-state index contributed by atoms with van der Waals surface area (Å²) in [5.74, 6) is 0.370. The molecule has 31 heavy (non-hydrogen) atoms. The molecule has 1 aromatic carbocycles. The number of thioether (sulfide) groups is 1. The lowest BCUT2D eigenvalue weighted by atomic mass is 10.1. The number of thiophene rings is 1. The molecule has 3 aromatic rings. The monoisotopic (exact) mass is 456 g/mol. The molecule has 6 nitrogen and oxygen atoms in total. The van der Waals surface area contributed by atoms with E-state index in [9.17, 15) is 9.59 Å². The molecule has 1 N–H and O–H groups in total. The normalized spacial score (nSPS) is 12.1. The summed E-state index contributed by atoms with van der Waals surface area (Å²) in [4.78, 5) is 38.2. The maximum atomic E-state index is 13.0. The molecule has 0 radical (unpaired) electrons. The van der Waals surface area contributed by atoms with Gasteiger partial charge in [-0.3, -0.25) is 9.59 Å². The van der Waals surface area contributed by atoms with Gasteiger partial charge in [-0.2, -0.15) is 0 Å². The molecule has 0 aliphatic heterocycles. The average molecular weight is 457 g/mol. The van der Waals surface area contributed by atoms with Crippen molar-refractivity contribution in [2.24, 2.45) is 0 Å². The minimum absolute atomic E-state index is 0.00339. The van der Waals surface area contributed by atoms with Gasteiger partial charge in [-0.15, -0.1) is 11.3 Å². The van der Waals surface area contributed by atoms with Crippen LogP contribution in [0.15, 0.2) is 29.3 Å². The lowest BCUT2D eigenvalue weighted by Crippen LogP contribution is -2.39. The molecule has 3 rings (SSSR count). The van der Waals surface area contributed by atoms with E-state index in [2.05, 4.69) is 29.1 Å². The van der Waals surface area contributed by atoms with Crippen molar-refractivity contribution in [1.82, 2.24) is 14.9 Å². The molecule has 1 atom stereocenters. The van der Waals surface area contributed by atoms with Gasteiger partial charge in [0.1, 0.15) is 15.7 Å². The highest BCUT2D eigenvalue weighted by atomic mass is 32.2. The van der Waals surface area contributed by atoms with Crippen LogP contribution in [0.25, 0.3) is 10.2 Å². The highest BCUT2D eigenvalue weighted by molar-refractivity contribution is 8.00. The second kappa shape index (κ2) is 9.78. The molecule has 0 saturated heterocycles. The number of fused-ring (bicyclic) bond motifs is 1. The fraction of sp³-hybridized carbons (Fsp3) is 0.391. The van der Waals surface area contributed by atoms with Crippen molar-refractivity contribution in [3.05, 3.63) is 46.1 Å². The number of amides is 2. The number of benzene rings is 1. The Balaban J connectivity index is 1.69. The van der Waals surface area contributed by atoms with Gasteiger partial charge in [0.2, 0.25) is 11.8 Å². The molecule has 0 aliphatic rings. The molecule has 164 valence electrons. The summed E-state index contributed by atoms with van der Waals surface area (Å²) in [6.45, 7) is 9.90. The van der Waals surface area contributed by atoms with E-state index in [-0.39, 0.29) is 23.6 Å². The van der Waals surface area contributed by atoms with Crippen LogP contribution in [-0.4, -0.2) is 45.5 Å². The number of anilines is 1. The molecule has 0 unspecified atom stereocenters. The molecule has 2 heterocycles. The Labute approximate surface area is 191 Å². The number of aromatic nitrogens is 2. The van der Waals surface area contributed by atoms with Crippen molar-refractivity contribution in [1.29, 1.82) is 0 Å². The van der Waals surface area contributed by atoms with Crippen molar-refractivity contribution in [3.63, 3.8) is 0 Å². The van der Waals surface area contributed by atoms with Crippen LogP contribution in [-0.2, 0) is 16.0 Å². The Morgan fingerprint density at radius 2 is 1.90 bits per heavy atom. The first-order chi connectivity index (χ1) is 14.7. The smallest absolute Gasteiger partial charge is 0.243 e. The molecule has 0 saturated carbocycles. The van der Waals surface area contributed by atoms with E-state index in [0.29, 0.717) is 5.82 Å². The number of hydrogen-bond acceptors (Lipinski definition) is 6. The summed E-state index contributed by atoms with van der Waals surface area (Å²) in [6.07, 6.45) is 0.827. The molecular weight excluding hydrogens is 428 g/mol. The van der Waals surface area contributed by atoms with Crippen molar-refractivity contribution >= 4 is 50.8 Å². The number of carbonyl (C=O) groups excluding carboxylic acids is 2. The standard InChI is InChI=1S/C23H28N4O2S2/c1-7-17-10-8-9-11-18(17)26-19(28)12-27(6)23(29)15(4)31-22-20-13(2)14(3)30-21(20)24-16(5)25-22/h8-11,15H,7,12H2,1-6H3,(H,26,28)/t15-/m1/s1. The maximum Gasteiger partial charge on any atom is 0.243 e. The number of rotatable bonds is 7. The SMILES string of the molecule is CCc1ccccc1NC(=O)CN(C)C(=O)[C@@H](C)Sc1nc(C)nc2sc(C)c(C)c12. The van der Waals surface area contributed by atoms with Gasteiger partial charge in [0.15, 0.2) is 0 Å². The summed E-state index contributed by atoms with van der Waals surface area (Å²) in [5.41, 5.74) is 3.02. The molecule has 2 aromatic heterocycles. The number of carbonyl (C=O) groups is 2. The first-order valence-electron chi connectivity index (χ1n) is 10.2. The van der Waals surface area contributed by atoms with Crippen molar-refractivity contribution < 1.29 is 9.59 Å². The van der Waals surface area contributed by atoms with Crippen LogP contribution in [0.2, 0.25) is 0 Å². The van der Waals surface area contributed by atoms with Crippen LogP contribution in [0.5, 0.6) is 0 Å². The summed E-state index contributed by atoms with van der Waals surface area (Å²) in [6, 6.07) is 7.71. The summed E-state index contributed by atoms with van der Waals surface area (Å²) < 4.78 is 0. The van der Waals surface area contributed by atoms with Gasteiger partial charge in [0.25, 0.3) is 0 Å². The average Bonchev–Trinajstić information content (AvgIpc) is 3.00. The molecule has 2 amide bonds. The van der Waals surface area contributed by atoms with E-state index < -0.39 is 0 Å². The van der Waals surface area contributed by atoms with Gasteiger partial charge < -0.3 is 10.2 Å². The minimum Gasteiger partial charge on any atom is -0.335 e. The van der Waals surface area contributed by atoms with Crippen LogP contribution in [0.3, 0.4) is 0 Å². The third-order valence-corrected chi connectivity index (χ3v) is 7.35. The van der Waals surface area contributed by atoms with E-state index in [4.69, 9.17) is 0 Å². The number of hydrogen-bond donors (Lipinski definition) is 1. The first kappa shape index (κ1) is 23.2. The van der Waals surface area contributed by atoms with E-state index in [0.717, 1.165) is 38.5 Å². The van der Waals surface area contributed by atoms with Crippen LogP contribution in [0, 0.1) is 20.8 Å². The summed E-state index contributed by atoms with van der Waals surface area (Å²) in [7, 11) is 1.66. The summed E-state index contributed by atoms with van der Waals surface area (Å²) >= 11 is 3.07. The number of nitrogens with one attached hydrogen (secondary N) is 1. The zero-order chi connectivity index (χ0) is 22.7. The lowest BCUT2D eigenvalue weighted by Gasteiger charge is -2.21. The van der Waals surface area contributed by atoms with Gasteiger partial charge in [-0.05, 0) is 51.3 Å². The van der Waals surface area contributed by atoms with Gasteiger partial charge in [-0.1, -0.05) is 36.9 Å². The minimum atomic E-state index is -0.377. The molecular formula is C23H28N4O2S2. The zero-order valence-corrected chi connectivity index (χ0v) is 20.4. The van der Waals surface area contributed by atoms with Crippen molar-refractivity contribution in [2.45, 2.75) is 51.3 Å². The quantitative estimate of drug-likeness (QED) is 0.410. The molecule has 0 fully saturated rings. The number of aryl methyl sites for hydroxylation is 4. The largest absolute Gasteiger partial charge is 0.335 e. The van der Waals surface area contributed by atoms with Crippen LogP contribution < -0.4 is 5.32 Å². The Hall–Kier alpha value is -2.45. The Bertz CT molecular complexity index is 1130. The van der Waals surface area contributed by atoms with Crippen LogP contribution in [0.1, 0.15) is 35.7 Å². The van der Waals surface area contributed by atoms with Gasteiger partial charge in [-0.25, -0.2) is 9.97 Å². The first-order valence-corrected chi connectivity index (χ1v) is 11.9. The third-order valence-electron chi connectivity index (χ3n) is 5.17. The van der Waals surface area contributed by atoms with Crippen LogP contribution in [0.4, 0.5) is 5.69 Å². The molecule has 0 aliphatic carbocycles. The van der Waals surface area contributed by atoms with E-state index >= 15 is 0 Å². The van der Waals surface area contributed by atoms with Gasteiger partial charge in [0, 0.05) is 23.0 Å². The van der Waals surface area contributed by atoms with E-state index in [1.807, 2.05) is 45.0 Å². The van der Waals surface area contributed by atoms with Crippen molar-refractivity contribution in [2.75, 3.05) is 18.9 Å². The second-order valence-electron chi connectivity index (χ2n) is 7.55. The third kappa shape index (κ3) is 5.25. The second-order valence-corrected chi connectivity index (χ2v) is 10.1. The van der Waals surface area contributed by atoms with Crippen LogP contribution >= 0.6 is 23.1 Å². The predicted molar refractivity (Wildman–Crippen MR) is 129 cm³/mol. The zero-order valence-electron chi connectivity index (χ0n) is 18.8. The number of nitrogens with zero attached hydrogens (tertiary/aromatic N) is 3. The Morgan fingerprint density at radius 1 is 1.19 bits per heavy atom. The molecule has 0 bridgehead atoms. The highest BCUT2D eigenvalue weighted by Gasteiger charge is 2.24. The highest BCUT2D eigenvalue weighted by Crippen LogP contribution is 2.36. The maximum absolute atomic E-state index is 13.0.